The van der Waals surface area contributed by atoms with Crippen LogP contribution < -0.4 is 10.2 Å². The summed E-state index contributed by atoms with van der Waals surface area (Å²) < 4.78 is 0. The van der Waals surface area contributed by atoms with Gasteiger partial charge < -0.3 is 10.2 Å². The lowest BCUT2D eigenvalue weighted by molar-refractivity contribution is 0.507. The van der Waals surface area contributed by atoms with Crippen molar-refractivity contribution in [3.8, 4) is 0 Å². The van der Waals surface area contributed by atoms with E-state index in [0.717, 1.165) is 38.2 Å². The van der Waals surface area contributed by atoms with Crippen molar-refractivity contribution in [1.29, 1.82) is 0 Å². The van der Waals surface area contributed by atoms with Crippen LogP contribution in [0.1, 0.15) is 65.1 Å². The number of unbranched alkanes of at least 4 members (excludes halogenated alkanes) is 1. The first-order valence-electron chi connectivity index (χ1n) is 8.20. The van der Waals surface area contributed by atoms with Crippen LogP contribution in [0.2, 0.25) is 0 Å². The lowest BCUT2D eigenvalue weighted by Gasteiger charge is -2.23. The third kappa shape index (κ3) is 5.12. The highest BCUT2D eigenvalue weighted by Crippen LogP contribution is 2.19. The van der Waals surface area contributed by atoms with E-state index in [2.05, 4.69) is 55.0 Å². The summed E-state index contributed by atoms with van der Waals surface area (Å²) in [6.45, 7) is 12.1. The Hall–Kier alpha value is -1.09. The standard InChI is InChI=1S/C17H31N3/c1-5-9-13-20(8-4)15-10-11-17(19-14-15)16(7-3)18-12-6-2/h10-11,14,16,18H,5-9,12-13H2,1-4H3. The van der Waals surface area contributed by atoms with Crippen LogP contribution >= 0.6 is 0 Å². The lowest BCUT2D eigenvalue weighted by atomic mass is 10.1. The Labute approximate surface area is 124 Å². The second-order valence-electron chi connectivity index (χ2n) is 5.29. The third-order valence-corrected chi connectivity index (χ3v) is 3.71. The Balaban J connectivity index is 2.70. The molecule has 1 atom stereocenters. The predicted molar refractivity (Wildman–Crippen MR) is 88.4 cm³/mol. The van der Waals surface area contributed by atoms with Gasteiger partial charge in [0.1, 0.15) is 0 Å². The fraction of sp³-hybridized carbons (Fsp3) is 0.706. The van der Waals surface area contributed by atoms with E-state index in [1.807, 2.05) is 6.20 Å². The SMILES string of the molecule is CCCCN(CC)c1ccc(C(CC)NCCC)nc1. The first-order valence-corrected chi connectivity index (χ1v) is 8.20. The van der Waals surface area contributed by atoms with Crippen LogP contribution in [0, 0.1) is 0 Å². The zero-order valence-electron chi connectivity index (χ0n) is 13.7. The third-order valence-electron chi connectivity index (χ3n) is 3.71. The van der Waals surface area contributed by atoms with Gasteiger partial charge in [-0.15, -0.1) is 0 Å². The van der Waals surface area contributed by atoms with Gasteiger partial charge in [0, 0.05) is 19.1 Å². The van der Waals surface area contributed by atoms with Gasteiger partial charge in [-0.05, 0) is 44.9 Å². The number of hydrogen-bond donors (Lipinski definition) is 1. The molecule has 1 N–H and O–H groups in total. The van der Waals surface area contributed by atoms with Crippen LogP contribution in [0.25, 0.3) is 0 Å². The summed E-state index contributed by atoms with van der Waals surface area (Å²) in [7, 11) is 0. The Morgan fingerprint density at radius 3 is 2.45 bits per heavy atom. The van der Waals surface area contributed by atoms with Crippen LogP contribution in [0.5, 0.6) is 0 Å². The predicted octanol–water partition coefficient (Wildman–Crippen LogP) is 4.16. The van der Waals surface area contributed by atoms with Gasteiger partial charge in [-0.3, -0.25) is 4.98 Å². The van der Waals surface area contributed by atoms with Gasteiger partial charge in [-0.1, -0.05) is 27.2 Å². The molecule has 0 aliphatic heterocycles. The van der Waals surface area contributed by atoms with Gasteiger partial charge in [-0.2, -0.15) is 0 Å². The fourth-order valence-electron chi connectivity index (χ4n) is 2.39. The Kier molecular flexibility index (Phi) is 8.28. The molecule has 0 saturated carbocycles. The van der Waals surface area contributed by atoms with Gasteiger partial charge in [-0.25, -0.2) is 0 Å². The molecular weight excluding hydrogens is 246 g/mol. The zero-order chi connectivity index (χ0) is 14.8. The van der Waals surface area contributed by atoms with Crippen molar-refractivity contribution >= 4 is 5.69 Å². The molecule has 0 amide bonds. The quantitative estimate of drug-likeness (QED) is 0.696. The second kappa shape index (κ2) is 9.76. The van der Waals surface area contributed by atoms with E-state index in [1.54, 1.807) is 0 Å². The average molecular weight is 277 g/mol. The number of anilines is 1. The van der Waals surface area contributed by atoms with Crippen molar-refractivity contribution < 1.29 is 0 Å². The molecule has 20 heavy (non-hydrogen) atoms. The lowest BCUT2D eigenvalue weighted by Crippen LogP contribution is -2.25. The Morgan fingerprint density at radius 1 is 1.15 bits per heavy atom. The summed E-state index contributed by atoms with van der Waals surface area (Å²) in [5.41, 5.74) is 2.41. The largest absolute Gasteiger partial charge is 0.371 e. The highest BCUT2D eigenvalue weighted by atomic mass is 15.1. The van der Waals surface area contributed by atoms with E-state index in [0.29, 0.717) is 6.04 Å². The van der Waals surface area contributed by atoms with Gasteiger partial charge in [0.2, 0.25) is 0 Å². The number of pyridine rings is 1. The highest BCUT2D eigenvalue weighted by Gasteiger charge is 2.10. The summed E-state index contributed by atoms with van der Waals surface area (Å²) in [5.74, 6) is 0. The molecule has 1 heterocycles. The first-order chi connectivity index (χ1) is 9.76. The number of aromatic nitrogens is 1. The maximum Gasteiger partial charge on any atom is 0.0574 e. The summed E-state index contributed by atoms with van der Waals surface area (Å²) in [6.07, 6.45) is 6.76. The monoisotopic (exact) mass is 277 g/mol. The molecule has 114 valence electrons. The van der Waals surface area contributed by atoms with Gasteiger partial charge in [0.25, 0.3) is 0 Å². The van der Waals surface area contributed by atoms with Crippen molar-refractivity contribution in [2.24, 2.45) is 0 Å². The topological polar surface area (TPSA) is 28.2 Å². The molecule has 3 heteroatoms. The molecule has 0 spiro atoms. The smallest absolute Gasteiger partial charge is 0.0574 e. The molecule has 1 aromatic heterocycles. The average Bonchev–Trinajstić information content (AvgIpc) is 2.50. The number of rotatable bonds is 10. The molecule has 0 aliphatic rings. The van der Waals surface area contributed by atoms with Crippen LogP contribution in [-0.4, -0.2) is 24.6 Å². The molecule has 0 bridgehead atoms. The molecule has 0 radical (unpaired) electrons. The van der Waals surface area contributed by atoms with Gasteiger partial charge in [0.15, 0.2) is 0 Å². The normalized spacial score (nSPS) is 12.4. The van der Waals surface area contributed by atoms with Gasteiger partial charge in [0.05, 0.1) is 17.6 Å². The molecule has 3 nitrogen and oxygen atoms in total. The van der Waals surface area contributed by atoms with E-state index < -0.39 is 0 Å². The van der Waals surface area contributed by atoms with E-state index in [1.165, 1.54) is 18.5 Å². The number of nitrogens with zero attached hydrogens (tertiary/aromatic N) is 2. The van der Waals surface area contributed by atoms with Crippen molar-refractivity contribution in [2.75, 3.05) is 24.5 Å². The maximum atomic E-state index is 4.68. The molecule has 1 unspecified atom stereocenters. The molecular formula is C17H31N3. The minimum Gasteiger partial charge on any atom is -0.371 e. The first kappa shape index (κ1) is 17.0. The number of hydrogen-bond acceptors (Lipinski definition) is 3. The highest BCUT2D eigenvalue weighted by molar-refractivity contribution is 5.44. The maximum absolute atomic E-state index is 4.68. The van der Waals surface area contributed by atoms with Crippen LogP contribution in [0.3, 0.4) is 0 Å². The zero-order valence-corrected chi connectivity index (χ0v) is 13.7. The molecule has 0 aliphatic carbocycles. The van der Waals surface area contributed by atoms with Crippen LogP contribution in [-0.2, 0) is 0 Å². The van der Waals surface area contributed by atoms with E-state index >= 15 is 0 Å². The second-order valence-corrected chi connectivity index (χ2v) is 5.29. The van der Waals surface area contributed by atoms with Crippen molar-refractivity contribution in [3.05, 3.63) is 24.0 Å². The minimum absolute atomic E-state index is 0.384. The Morgan fingerprint density at radius 2 is 1.95 bits per heavy atom. The van der Waals surface area contributed by atoms with Gasteiger partial charge >= 0.3 is 0 Å². The van der Waals surface area contributed by atoms with Crippen LogP contribution in [0.15, 0.2) is 18.3 Å². The molecule has 1 rings (SSSR count). The van der Waals surface area contributed by atoms with Crippen molar-refractivity contribution in [2.45, 2.75) is 59.4 Å². The van der Waals surface area contributed by atoms with Crippen molar-refractivity contribution in [3.63, 3.8) is 0 Å². The Bertz CT molecular complexity index is 313. The number of nitrogens with one attached hydrogen (secondary N) is 1. The van der Waals surface area contributed by atoms with E-state index in [9.17, 15) is 0 Å². The molecule has 0 fully saturated rings. The summed E-state index contributed by atoms with van der Waals surface area (Å²) in [5, 5.41) is 3.56. The fourth-order valence-corrected chi connectivity index (χ4v) is 2.39. The molecule has 1 aromatic rings. The summed E-state index contributed by atoms with van der Waals surface area (Å²) in [4.78, 5) is 7.08. The van der Waals surface area contributed by atoms with E-state index in [4.69, 9.17) is 0 Å². The van der Waals surface area contributed by atoms with Crippen LogP contribution in [0.4, 0.5) is 5.69 Å². The minimum atomic E-state index is 0.384. The van der Waals surface area contributed by atoms with Crippen molar-refractivity contribution in [1.82, 2.24) is 10.3 Å². The molecule has 0 saturated heterocycles. The summed E-state index contributed by atoms with van der Waals surface area (Å²) >= 11 is 0. The summed E-state index contributed by atoms with van der Waals surface area (Å²) in [6, 6.07) is 4.79. The molecule has 0 aromatic carbocycles. The van der Waals surface area contributed by atoms with E-state index in [-0.39, 0.29) is 0 Å².